The van der Waals surface area contributed by atoms with E-state index in [1.807, 2.05) is 48.5 Å². The largest absolute Gasteiger partial charge is 0.493 e. The van der Waals surface area contributed by atoms with E-state index in [1.165, 1.54) is 7.11 Å². The number of fused-ring (bicyclic) bond motifs is 1. The molecule has 148 valence electrons. The van der Waals surface area contributed by atoms with E-state index in [4.69, 9.17) is 4.74 Å². The molecule has 2 aromatic carbocycles. The summed E-state index contributed by atoms with van der Waals surface area (Å²) in [5, 5.41) is 7.31. The first-order chi connectivity index (χ1) is 14.2. The van der Waals surface area contributed by atoms with Gasteiger partial charge in [-0.3, -0.25) is 4.79 Å². The van der Waals surface area contributed by atoms with Gasteiger partial charge in [0.15, 0.2) is 11.4 Å². The van der Waals surface area contributed by atoms with Crippen molar-refractivity contribution in [1.82, 2.24) is 19.7 Å². The third kappa shape index (κ3) is 3.99. The first kappa shape index (κ1) is 18.7. The summed E-state index contributed by atoms with van der Waals surface area (Å²) in [6.07, 6.45) is 4.83. The van der Waals surface area contributed by atoms with Crippen molar-refractivity contribution in [2.45, 2.75) is 26.2 Å². The Labute approximate surface area is 168 Å². The fraction of sp³-hybridized carbons (Fsp3) is 0.227. The van der Waals surface area contributed by atoms with Gasteiger partial charge < -0.3 is 15.0 Å². The Morgan fingerprint density at radius 2 is 2.03 bits per heavy atom. The molecule has 2 N–H and O–H groups in total. The SMILES string of the molecule is CCCCc1nc2ccc(NC(=O)c3nn(-c4ccccc4)cc3OC)cc2[nH]1. The lowest BCUT2D eigenvalue weighted by Gasteiger charge is -2.04. The van der Waals surface area contributed by atoms with Crippen LogP contribution in [0.15, 0.2) is 54.7 Å². The molecule has 0 bridgehead atoms. The molecule has 0 radical (unpaired) electrons. The van der Waals surface area contributed by atoms with Crippen molar-refractivity contribution in [3.63, 3.8) is 0 Å². The van der Waals surface area contributed by atoms with Crippen LogP contribution in [0, 0.1) is 0 Å². The molecule has 2 heterocycles. The number of carbonyl (C=O) groups excluding carboxylic acids is 1. The molecular weight excluding hydrogens is 366 g/mol. The second-order valence-corrected chi connectivity index (χ2v) is 6.80. The highest BCUT2D eigenvalue weighted by atomic mass is 16.5. The number of ether oxygens (including phenoxy) is 1. The molecule has 0 unspecified atom stereocenters. The van der Waals surface area contributed by atoms with Crippen molar-refractivity contribution in [2.24, 2.45) is 0 Å². The Hall–Kier alpha value is -3.61. The molecule has 29 heavy (non-hydrogen) atoms. The molecule has 0 atom stereocenters. The lowest BCUT2D eigenvalue weighted by Crippen LogP contribution is -2.14. The number of para-hydroxylation sites is 1. The van der Waals surface area contributed by atoms with E-state index in [-0.39, 0.29) is 11.6 Å². The maximum absolute atomic E-state index is 12.8. The zero-order chi connectivity index (χ0) is 20.2. The van der Waals surface area contributed by atoms with Crippen LogP contribution in [0.4, 0.5) is 5.69 Å². The van der Waals surface area contributed by atoms with E-state index in [1.54, 1.807) is 10.9 Å². The van der Waals surface area contributed by atoms with Crippen molar-refractivity contribution in [2.75, 3.05) is 12.4 Å². The minimum absolute atomic E-state index is 0.227. The van der Waals surface area contributed by atoms with Crippen molar-refractivity contribution in [3.8, 4) is 11.4 Å². The number of carbonyl (C=O) groups is 1. The number of rotatable bonds is 7. The topological polar surface area (TPSA) is 84.8 Å². The lowest BCUT2D eigenvalue weighted by atomic mass is 10.2. The smallest absolute Gasteiger partial charge is 0.280 e. The minimum Gasteiger partial charge on any atom is -0.493 e. The summed E-state index contributed by atoms with van der Waals surface area (Å²) in [5.41, 5.74) is 3.54. The number of H-pyrrole nitrogens is 1. The Morgan fingerprint density at radius 3 is 2.79 bits per heavy atom. The second kappa shape index (κ2) is 8.18. The van der Waals surface area contributed by atoms with Crippen LogP contribution >= 0.6 is 0 Å². The minimum atomic E-state index is -0.332. The van der Waals surface area contributed by atoms with Crippen molar-refractivity contribution < 1.29 is 9.53 Å². The van der Waals surface area contributed by atoms with Gasteiger partial charge in [0, 0.05) is 12.1 Å². The van der Waals surface area contributed by atoms with Gasteiger partial charge in [-0.15, -0.1) is 0 Å². The number of imidazole rings is 1. The first-order valence-electron chi connectivity index (χ1n) is 9.67. The molecule has 0 saturated heterocycles. The standard InChI is InChI=1S/C22H23N5O2/c1-3-4-10-20-24-17-12-11-15(13-18(17)25-20)23-22(28)21-19(29-2)14-27(26-21)16-8-6-5-7-9-16/h5-9,11-14H,3-4,10H2,1-2H3,(H,23,28)(H,24,25). The van der Waals surface area contributed by atoms with E-state index in [2.05, 4.69) is 27.3 Å². The average Bonchev–Trinajstić information content (AvgIpc) is 3.36. The fourth-order valence-corrected chi connectivity index (χ4v) is 3.17. The number of nitrogens with zero attached hydrogens (tertiary/aromatic N) is 3. The summed E-state index contributed by atoms with van der Waals surface area (Å²) in [5.74, 6) is 1.05. The van der Waals surface area contributed by atoms with Crippen LogP contribution in [-0.2, 0) is 6.42 Å². The number of benzene rings is 2. The fourth-order valence-electron chi connectivity index (χ4n) is 3.17. The molecular formula is C22H23N5O2. The van der Waals surface area contributed by atoms with Crippen LogP contribution in [0.1, 0.15) is 36.1 Å². The Morgan fingerprint density at radius 1 is 1.21 bits per heavy atom. The van der Waals surface area contributed by atoms with E-state index in [0.29, 0.717) is 11.4 Å². The number of hydrogen-bond acceptors (Lipinski definition) is 4. The number of hydrogen-bond donors (Lipinski definition) is 2. The molecule has 7 nitrogen and oxygen atoms in total. The summed E-state index contributed by atoms with van der Waals surface area (Å²) in [4.78, 5) is 20.7. The van der Waals surface area contributed by atoms with E-state index in [0.717, 1.165) is 41.8 Å². The highest BCUT2D eigenvalue weighted by Gasteiger charge is 2.19. The molecule has 2 aromatic heterocycles. The quantitative estimate of drug-likeness (QED) is 0.492. The molecule has 0 aliphatic carbocycles. The van der Waals surface area contributed by atoms with Gasteiger partial charge in [0.2, 0.25) is 0 Å². The molecule has 0 saturated carbocycles. The third-order valence-electron chi connectivity index (χ3n) is 4.69. The molecule has 0 aliphatic rings. The summed E-state index contributed by atoms with van der Waals surface area (Å²) < 4.78 is 6.99. The molecule has 1 amide bonds. The highest BCUT2D eigenvalue weighted by molar-refractivity contribution is 6.05. The maximum Gasteiger partial charge on any atom is 0.280 e. The van der Waals surface area contributed by atoms with Gasteiger partial charge in [-0.25, -0.2) is 9.67 Å². The van der Waals surface area contributed by atoms with Gasteiger partial charge >= 0.3 is 0 Å². The molecule has 4 rings (SSSR count). The number of amides is 1. The van der Waals surface area contributed by atoms with Crippen LogP contribution in [-0.4, -0.2) is 32.8 Å². The maximum atomic E-state index is 12.8. The summed E-state index contributed by atoms with van der Waals surface area (Å²) in [7, 11) is 1.53. The predicted octanol–water partition coefficient (Wildman–Crippen LogP) is 4.35. The number of unbranched alkanes of at least 4 members (excludes halogenated alkanes) is 1. The van der Waals surface area contributed by atoms with Gasteiger partial charge in [-0.1, -0.05) is 31.5 Å². The highest BCUT2D eigenvalue weighted by Crippen LogP contribution is 2.22. The normalized spacial score (nSPS) is 11.0. The number of nitrogens with one attached hydrogen (secondary N) is 2. The molecule has 7 heteroatoms. The number of aromatic nitrogens is 4. The molecule has 0 aliphatic heterocycles. The Bertz CT molecular complexity index is 1130. The van der Waals surface area contributed by atoms with Gasteiger partial charge in [0.1, 0.15) is 5.82 Å². The monoisotopic (exact) mass is 389 g/mol. The van der Waals surface area contributed by atoms with Crippen LogP contribution in [0.3, 0.4) is 0 Å². The number of anilines is 1. The number of methoxy groups -OCH3 is 1. The first-order valence-corrected chi connectivity index (χ1v) is 9.67. The van der Waals surface area contributed by atoms with E-state index >= 15 is 0 Å². The van der Waals surface area contributed by atoms with E-state index in [9.17, 15) is 4.79 Å². The van der Waals surface area contributed by atoms with Crippen LogP contribution in [0.25, 0.3) is 16.7 Å². The van der Waals surface area contributed by atoms with Gasteiger partial charge in [-0.2, -0.15) is 5.10 Å². The number of aryl methyl sites for hydroxylation is 1. The third-order valence-corrected chi connectivity index (χ3v) is 4.69. The van der Waals surface area contributed by atoms with Gasteiger partial charge in [0.05, 0.1) is 30.0 Å². The lowest BCUT2D eigenvalue weighted by molar-refractivity contribution is 0.101. The van der Waals surface area contributed by atoms with Crippen molar-refractivity contribution in [1.29, 1.82) is 0 Å². The number of aromatic amines is 1. The predicted molar refractivity (Wildman–Crippen MR) is 113 cm³/mol. The summed E-state index contributed by atoms with van der Waals surface area (Å²) in [6, 6.07) is 15.2. The summed E-state index contributed by atoms with van der Waals surface area (Å²) in [6.45, 7) is 2.16. The average molecular weight is 389 g/mol. The van der Waals surface area contributed by atoms with Crippen LogP contribution < -0.4 is 10.1 Å². The second-order valence-electron chi connectivity index (χ2n) is 6.80. The van der Waals surface area contributed by atoms with E-state index < -0.39 is 0 Å². The molecule has 0 spiro atoms. The zero-order valence-electron chi connectivity index (χ0n) is 16.5. The van der Waals surface area contributed by atoms with Crippen molar-refractivity contribution >= 4 is 22.6 Å². The Kier molecular flexibility index (Phi) is 5.29. The van der Waals surface area contributed by atoms with Crippen molar-refractivity contribution in [3.05, 3.63) is 66.2 Å². The van der Waals surface area contributed by atoms with Crippen LogP contribution in [0.5, 0.6) is 5.75 Å². The van der Waals surface area contributed by atoms with Gasteiger partial charge in [0.25, 0.3) is 5.91 Å². The summed E-state index contributed by atoms with van der Waals surface area (Å²) >= 11 is 0. The van der Waals surface area contributed by atoms with Crippen LogP contribution in [0.2, 0.25) is 0 Å². The molecule has 0 fully saturated rings. The molecule has 4 aromatic rings. The Balaban J connectivity index is 1.56. The zero-order valence-corrected chi connectivity index (χ0v) is 16.5. The van der Waals surface area contributed by atoms with Gasteiger partial charge in [-0.05, 0) is 36.8 Å².